The highest BCUT2D eigenvalue weighted by molar-refractivity contribution is 5.75. The van der Waals surface area contributed by atoms with Crippen LogP contribution in [0.1, 0.15) is 40.0 Å². The van der Waals surface area contributed by atoms with Gasteiger partial charge >= 0.3 is 6.03 Å². The van der Waals surface area contributed by atoms with Gasteiger partial charge in [-0.2, -0.15) is 5.26 Å². The standard InChI is InChI=1S/C10H19N3O/c1-4-6-7-12-9(14)13-10(3,5-2)8-11/h4-7H2,1-3H3,(H2,12,13,14). The van der Waals surface area contributed by atoms with Crippen LogP contribution in [-0.4, -0.2) is 18.1 Å². The molecule has 0 aromatic rings. The summed E-state index contributed by atoms with van der Waals surface area (Å²) in [6, 6.07) is 1.82. The van der Waals surface area contributed by atoms with Crippen molar-refractivity contribution in [2.45, 2.75) is 45.6 Å². The van der Waals surface area contributed by atoms with E-state index in [1.165, 1.54) is 0 Å². The molecule has 1 atom stereocenters. The van der Waals surface area contributed by atoms with Gasteiger partial charge < -0.3 is 10.6 Å². The molecule has 0 spiro atoms. The van der Waals surface area contributed by atoms with E-state index in [0.717, 1.165) is 12.8 Å². The molecule has 2 amide bonds. The van der Waals surface area contributed by atoms with Crippen LogP contribution in [0.4, 0.5) is 4.79 Å². The summed E-state index contributed by atoms with van der Waals surface area (Å²) in [5, 5.41) is 14.2. The summed E-state index contributed by atoms with van der Waals surface area (Å²) in [4.78, 5) is 11.3. The van der Waals surface area contributed by atoms with Gasteiger partial charge in [0.25, 0.3) is 0 Å². The van der Waals surface area contributed by atoms with Gasteiger partial charge in [0.05, 0.1) is 6.07 Å². The second kappa shape index (κ2) is 6.25. The van der Waals surface area contributed by atoms with Gasteiger partial charge in [-0.3, -0.25) is 0 Å². The monoisotopic (exact) mass is 197 g/mol. The molecule has 0 aromatic carbocycles. The van der Waals surface area contributed by atoms with Gasteiger partial charge in [-0.1, -0.05) is 20.3 Å². The lowest BCUT2D eigenvalue weighted by molar-refractivity contribution is 0.233. The molecule has 4 heteroatoms. The fourth-order valence-electron chi connectivity index (χ4n) is 0.869. The fraction of sp³-hybridized carbons (Fsp3) is 0.800. The van der Waals surface area contributed by atoms with Crippen LogP contribution in [0.2, 0.25) is 0 Å². The molecule has 0 fully saturated rings. The van der Waals surface area contributed by atoms with E-state index in [1.807, 2.05) is 6.92 Å². The normalized spacial score (nSPS) is 13.9. The highest BCUT2D eigenvalue weighted by Crippen LogP contribution is 2.06. The van der Waals surface area contributed by atoms with Gasteiger partial charge in [0.15, 0.2) is 0 Å². The first-order valence-electron chi connectivity index (χ1n) is 5.05. The fourth-order valence-corrected chi connectivity index (χ4v) is 0.869. The number of nitriles is 1. The average molecular weight is 197 g/mol. The van der Waals surface area contributed by atoms with Crippen molar-refractivity contribution in [1.82, 2.24) is 10.6 Å². The van der Waals surface area contributed by atoms with E-state index in [2.05, 4.69) is 23.6 Å². The first kappa shape index (κ1) is 12.8. The third-order valence-corrected chi connectivity index (χ3v) is 2.16. The van der Waals surface area contributed by atoms with Gasteiger partial charge in [0.2, 0.25) is 0 Å². The topological polar surface area (TPSA) is 64.9 Å². The molecule has 0 aliphatic heterocycles. The number of unbranched alkanes of at least 4 members (excludes halogenated alkanes) is 1. The molecule has 4 nitrogen and oxygen atoms in total. The molecule has 0 radical (unpaired) electrons. The van der Waals surface area contributed by atoms with Crippen molar-refractivity contribution in [1.29, 1.82) is 5.26 Å². The number of carbonyl (C=O) groups is 1. The first-order chi connectivity index (χ1) is 6.58. The molecule has 1 unspecified atom stereocenters. The van der Waals surface area contributed by atoms with E-state index in [-0.39, 0.29) is 6.03 Å². The lowest BCUT2D eigenvalue weighted by Crippen LogP contribution is -2.49. The Morgan fingerprint density at radius 2 is 2.14 bits per heavy atom. The van der Waals surface area contributed by atoms with Crippen molar-refractivity contribution < 1.29 is 4.79 Å². The molecule has 2 N–H and O–H groups in total. The minimum absolute atomic E-state index is 0.260. The molecule has 0 saturated heterocycles. The second-order valence-corrected chi connectivity index (χ2v) is 3.53. The van der Waals surface area contributed by atoms with Crippen molar-refractivity contribution in [2.24, 2.45) is 0 Å². The summed E-state index contributed by atoms with van der Waals surface area (Å²) in [5.74, 6) is 0. The Morgan fingerprint density at radius 3 is 2.57 bits per heavy atom. The molecule has 14 heavy (non-hydrogen) atoms. The quantitative estimate of drug-likeness (QED) is 0.660. The van der Waals surface area contributed by atoms with E-state index in [0.29, 0.717) is 13.0 Å². The largest absolute Gasteiger partial charge is 0.338 e. The lowest BCUT2D eigenvalue weighted by Gasteiger charge is -2.21. The zero-order valence-corrected chi connectivity index (χ0v) is 9.18. The Kier molecular flexibility index (Phi) is 5.70. The number of nitrogens with zero attached hydrogens (tertiary/aromatic N) is 1. The highest BCUT2D eigenvalue weighted by atomic mass is 16.2. The smallest absolute Gasteiger partial charge is 0.316 e. The molecular weight excluding hydrogens is 178 g/mol. The van der Waals surface area contributed by atoms with Gasteiger partial charge in [0.1, 0.15) is 5.54 Å². The van der Waals surface area contributed by atoms with Crippen LogP contribution < -0.4 is 10.6 Å². The number of urea groups is 1. The average Bonchev–Trinajstić information content (AvgIpc) is 2.18. The van der Waals surface area contributed by atoms with E-state index in [1.54, 1.807) is 6.92 Å². The van der Waals surface area contributed by atoms with Crippen molar-refractivity contribution in [2.75, 3.05) is 6.54 Å². The predicted octanol–water partition coefficient (Wildman–Crippen LogP) is 1.78. The molecule has 0 saturated carbocycles. The van der Waals surface area contributed by atoms with E-state index >= 15 is 0 Å². The minimum Gasteiger partial charge on any atom is -0.338 e. The maximum atomic E-state index is 11.3. The van der Waals surface area contributed by atoms with E-state index < -0.39 is 5.54 Å². The number of amides is 2. The van der Waals surface area contributed by atoms with Crippen LogP contribution in [0.15, 0.2) is 0 Å². The Hall–Kier alpha value is -1.24. The summed E-state index contributed by atoms with van der Waals surface area (Å²) in [7, 11) is 0. The zero-order chi connectivity index (χ0) is 11.0. The molecule has 0 aliphatic rings. The summed E-state index contributed by atoms with van der Waals surface area (Å²) in [6.07, 6.45) is 2.61. The van der Waals surface area contributed by atoms with Crippen LogP contribution in [0.3, 0.4) is 0 Å². The number of hydrogen-bond acceptors (Lipinski definition) is 2. The zero-order valence-electron chi connectivity index (χ0n) is 9.18. The molecule has 0 heterocycles. The number of carbonyl (C=O) groups excluding carboxylic acids is 1. The predicted molar refractivity (Wildman–Crippen MR) is 55.8 cm³/mol. The number of nitrogens with one attached hydrogen (secondary N) is 2. The Labute approximate surface area is 85.7 Å². The summed E-state index contributed by atoms with van der Waals surface area (Å²) >= 11 is 0. The van der Waals surface area contributed by atoms with Crippen molar-refractivity contribution >= 4 is 6.03 Å². The Morgan fingerprint density at radius 1 is 1.50 bits per heavy atom. The van der Waals surface area contributed by atoms with Gasteiger partial charge in [-0.05, 0) is 19.8 Å². The lowest BCUT2D eigenvalue weighted by atomic mass is 10.0. The van der Waals surface area contributed by atoms with E-state index in [9.17, 15) is 4.79 Å². The third-order valence-electron chi connectivity index (χ3n) is 2.16. The van der Waals surface area contributed by atoms with Gasteiger partial charge in [-0.15, -0.1) is 0 Å². The van der Waals surface area contributed by atoms with Gasteiger partial charge in [0, 0.05) is 6.54 Å². The Bertz CT molecular complexity index is 222. The second-order valence-electron chi connectivity index (χ2n) is 3.53. The first-order valence-corrected chi connectivity index (χ1v) is 5.05. The van der Waals surface area contributed by atoms with Crippen LogP contribution in [0.25, 0.3) is 0 Å². The molecule has 80 valence electrons. The van der Waals surface area contributed by atoms with Crippen LogP contribution in [-0.2, 0) is 0 Å². The highest BCUT2D eigenvalue weighted by Gasteiger charge is 2.22. The molecule has 0 bridgehead atoms. The molecular formula is C10H19N3O. The maximum absolute atomic E-state index is 11.3. The maximum Gasteiger partial charge on any atom is 0.316 e. The Balaban J connectivity index is 3.87. The third kappa shape index (κ3) is 4.70. The SMILES string of the molecule is CCCCNC(=O)NC(C)(C#N)CC. The van der Waals surface area contributed by atoms with Crippen LogP contribution in [0.5, 0.6) is 0 Å². The summed E-state index contributed by atoms with van der Waals surface area (Å²) in [6.45, 7) is 6.31. The van der Waals surface area contributed by atoms with Crippen LogP contribution in [0, 0.1) is 11.3 Å². The molecule has 0 aliphatic carbocycles. The number of hydrogen-bond donors (Lipinski definition) is 2. The van der Waals surface area contributed by atoms with E-state index in [4.69, 9.17) is 5.26 Å². The minimum atomic E-state index is -0.754. The van der Waals surface area contributed by atoms with Crippen LogP contribution >= 0.6 is 0 Å². The molecule has 0 aromatic heterocycles. The number of rotatable bonds is 5. The van der Waals surface area contributed by atoms with Crippen molar-refractivity contribution in [3.63, 3.8) is 0 Å². The van der Waals surface area contributed by atoms with Crippen molar-refractivity contribution in [3.8, 4) is 6.07 Å². The molecule has 0 rings (SSSR count). The summed E-state index contributed by atoms with van der Waals surface area (Å²) in [5.41, 5.74) is -0.754. The van der Waals surface area contributed by atoms with Crippen molar-refractivity contribution in [3.05, 3.63) is 0 Å². The summed E-state index contributed by atoms with van der Waals surface area (Å²) < 4.78 is 0. The van der Waals surface area contributed by atoms with Gasteiger partial charge in [-0.25, -0.2) is 4.79 Å².